The summed E-state index contributed by atoms with van der Waals surface area (Å²) in [4.78, 5) is 4.04. The van der Waals surface area contributed by atoms with Crippen LogP contribution in [0.2, 0.25) is 5.02 Å². The van der Waals surface area contributed by atoms with Crippen LogP contribution in [0.1, 0.15) is 17.2 Å². The van der Waals surface area contributed by atoms with Crippen molar-refractivity contribution in [1.82, 2.24) is 10.3 Å². The van der Waals surface area contributed by atoms with Gasteiger partial charge in [0.1, 0.15) is 11.6 Å². The van der Waals surface area contributed by atoms with Crippen LogP contribution in [0.25, 0.3) is 0 Å². The highest BCUT2D eigenvalue weighted by molar-refractivity contribution is 6.30. The van der Waals surface area contributed by atoms with Gasteiger partial charge in [-0.05, 0) is 25.1 Å². The van der Waals surface area contributed by atoms with Crippen molar-refractivity contribution in [3.63, 3.8) is 0 Å². The lowest BCUT2D eigenvalue weighted by Crippen LogP contribution is -2.13. The average Bonchev–Trinajstić information content (AvgIpc) is 2.69. The van der Waals surface area contributed by atoms with Gasteiger partial charge in [0, 0.05) is 17.1 Å². The summed E-state index contributed by atoms with van der Waals surface area (Å²) in [6, 6.07) is 4.48. The molecule has 1 aromatic heterocycles. The fourth-order valence-corrected chi connectivity index (χ4v) is 1.66. The third-order valence-corrected chi connectivity index (χ3v) is 2.50. The second-order valence-corrected chi connectivity index (χ2v) is 4.14. The van der Waals surface area contributed by atoms with E-state index in [0.29, 0.717) is 29.6 Å². The van der Waals surface area contributed by atoms with Crippen molar-refractivity contribution in [1.29, 1.82) is 0 Å². The van der Waals surface area contributed by atoms with Gasteiger partial charge in [0.2, 0.25) is 5.89 Å². The minimum absolute atomic E-state index is 0.273. The molecule has 0 saturated carbocycles. The summed E-state index contributed by atoms with van der Waals surface area (Å²) in [6.07, 6.45) is 1.65. The van der Waals surface area contributed by atoms with Gasteiger partial charge in [0.25, 0.3) is 0 Å². The number of halogens is 2. The normalized spacial score (nSPS) is 10.8. The Bertz CT molecular complexity index is 513. The molecule has 0 amide bonds. The van der Waals surface area contributed by atoms with Crippen LogP contribution in [-0.2, 0) is 13.1 Å². The highest BCUT2D eigenvalue weighted by atomic mass is 35.5. The first-order valence-electron chi connectivity index (χ1n) is 5.21. The molecule has 0 aliphatic carbocycles. The molecule has 0 bridgehead atoms. The van der Waals surface area contributed by atoms with E-state index in [2.05, 4.69) is 10.3 Å². The summed E-state index contributed by atoms with van der Waals surface area (Å²) in [5.41, 5.74) is 0.528. The highest BCUT2D eigenvalue weighted by Gasteiger charge is 2.04. The number of hydrogen-bond acceptors (Lipinski definition) is 3. The molecule has 0 spiro atoms. The number of oxazole rings is 1. The van der Waals surface area contributed by atoms with Crippen molar-refractivity contribution >= 4 is 11.6 Å². The largest absolute Gasteiger partial charge is 0.445 e. The molecule has 17 heavy (non-hydrogen) atoms. The maximum absolute atomic E-state index is 13.4. The Hall–Kier alpha value is -1.39. The number of nitrogens with one attached hydrogen (secondary N) is 1. The zero-order chi connectivity index (χ0) is 12.3. The predicted molar refractivity (Wildman–Crippen MR) is 63.2 cm³/mol. The summed E-state index contributed by atoms with van der Waals surface area (Å²) in [6.45, 7) is 2.67. The summed E-state index contributed by atoms with van der Waals surface area (Å²) in [7, 11) is 0. The minimum Gasteiger partial charge on any atom is -0.445 e. The molecule has 90 valence electrons. The molecule has 0 atom stereocenters. The molecule has 0 aliphatic rings. The Kier molecular flexibility index (Phi) is 3.76. The monoisotopic (exact) mass is 254 g/mol. The summed E-state index contributed by atoms with van der Waals surface area (Å²) in [5, 5.41) is 3.57. The quantitative estimate of drug-likeness (QED) is 0.911. The predicted octanol–water partition coefficient (Wildman–Crippen LogP) is 3.07. The minimum atomic E-state index is -0.273. The van der Waals surface area contributed by atoms with Crippen LogP contribution in [-0.4, -0.2) is 4.98 Å². The lowest BCUT2D eigenvalue weighted by molar-refractivity contribution is 0.447. The van der Waals surface area contributed by atoms with E-state index < -0.39 is 0 Å². The molecule has 1 heterocycles. The lowest BCUT2D eigenvalue weighted by Gasteiger charge is -2.04. The summed E-state index contributed by atoms with van der Waals surface area (Å²) >= 11 is 5.79. The van der Waals surface area contributed by atoms with Gasteiger partial charge < -0.3 is 9.73 Å². The van der Waals surface area contributed by atoms with E-state index >= 15 is 0 Å². The number of aromatic nitrogens is 1. The maximum atomic E-state index is 13.4. The van der Waals surface area contributed by atoms with E-state index in [1.54, 1.807) is 12.3 Å². The number of benzene rings is 1. The van der Waals surface area contributed by atoms with Crippen LogP contribution in [0.5, 0.6) is 0 Å². The van der Waals surface area contributed by atoms with Crippen molar-refractivity contribution in [3.8, 4) is 0 Å². The van der Waals surface area contributed by atoms with Crippen molar-refractivity contribution in [2.24, 2.45) is 0 Å². The Labute approximate surface area is 104 Å². The topological polar surface area (TPSA) is 38.1 Å². The SMILES string of the molecule is Cc1cnc(CNCc2cc(Cl)ccc2F)o1. The van der Waals surface area contributed by atoms with Gasteiger partial charge in [-0.1, -0.05) is 11.6 Å². The molecule has 0 aliphatic heterocycles. The molecule has 0 fully saturated rings. The van der Waals surface area contributed by atoms with Crippen molar-refractivity contribution in [2.45, 2.75) is 20.0 Å². The fraction of sp³-hybridized carbons (Fsp3) is 0.250. The zero-order valence-electron chi connectivity index (χ0n) is 9.34. The number of rotatable bonds is 4. The maximum Gasteiger partial charge on any atom is 0.208 e. The Morgan fingerprint density at radius 2 is 2.24 bits per heavy atom. The van der Waals surface area contributed by atoms with E-state index in [1.807, 2.05) is 6.92 Å². The van der Waals surface area contributed by atoms with Crippen molar-refractivity contribution in [2.75, 3.05) is 0 Å². The summed E-state index contributed by atoms with van der Waals surface area (Å²) in [5.74, 6) is 1.08. The molecular formula is C12H12ClFN2O. The van der Waals surface area contributed by atoms with E-state index in [0.717, 1.165) is 5.76 Å². The Morgan fingerprint density at radius 3 is 2.94 bits per heavy atom. The second-order valence-electron chi connectivity index (χ2n) is 3.70. The molecule has 0 saturated heterocycles. The van der Waals surface area contributed by atoms with Gasteiger partial charge in [-0.2, -0.15) is 0 Å². The molecular weight excluding hydrogens is 243 g/mol. The van der Waals surface area contributed by atoms with Gasteiger partial charge in [0.05, 0.1) is 12.7 Å². The van der Waals surface area contributed by atoms with Gasteiger partial charge >= 0.3 is 0 Å². The van der Waals surface area contributed by atoms with E-state index in [1.165, 1.54) is 12.1 Å². The van der Waals surface area contributed by atoms with E-state index in [-0.39, 0.29) is 5.82 Å². The third kappa shape index (κ3) is 3.28. The van der Waals surface area contributed by atoms with E-state index in [4.69, 9.17) is 16.0 Å². The standard InChI is InChI=1S/C12H12ClFN2O/c1-8-5-16-12(17-8)7-15-6-9-4-10(13)2-3-11(9)14/h2-5,15H,6-7H2,1H3. The molecule has 3 nitrogen and oxygen atoms in total. The van der Waals surface area contributed by atoms with Gasteiger partial charge in [-0.25, -0.2) is 9.37 Å². The fourth-order valence-electron chi connectivity index (χ4n) is 1.47. The molecule has 0 radical (unpaired) electrons. The van der Waals surface area contributed by atoms with E-state index in [9.17, 15) is 4.39 Å². The first-order chi connectivity index (χ1) is 8.15. The third-order valence-electron chi connectivity index (χ3n) is 2.27. The zero-order valence-corrected chi connectivity index (χ0v) is 10.1. The highest BCUT2D eigenvalue weighted by Crippen LogP contribution is 2.14. The van der Waals surface area contributed by atoms with Crippen LogP contribution in [0, 0.1) is 12.7 Å². The number of hydrogen-bond donors (Lipinski definition) is 1. The molecule has 5 heteroatoms. The number of aryl methyl sites for hydroxylation is 1. The van der Waals surface area contributed by atoms with Gasteiger partial charge in [0.15, 0.2) is 0 Å². The van der Waals surface area contributed by atoms with Gasteiger partial charge in [-0.15, -0.1) is 0 Å². The first kappa shape index (κ1) is 12.1. The van der Waals surface area contributed by atoms with Crippen LogP contribution in [0.4, 0.5) is 4.39 Å². The second kappa shape index (κ2) is 5.29. The molecule has 1 aromatic carbocycles. The summed E-state index contributed by atoms with van der Waals surface area (Å²) < 4.78 is 18.6. The Balaban J connectivity index is 1.91. The van der Waals surface area contributed by atoms with Gasteiger partial charge in [-0.3, -0.25) is 0 Å². The van der Waals surface area contributed by atoms with Crippen LogP contribution >= 0.6 is 11.6 Å². The Morgan fingerprint density at radius 1 is 1.41 bits per heavy atom. The van der Waals surface area contributed by atoms with Crippen molar-refractivity contribution < 1.29 is 8.81 Å². The number of nitrogens with zero attached hydrogens (tertiary/aromatic N) is 1. The first-order valence-corrected chi connectivity index (χ1v) is 5.59. The lowest BCUT2D eigenvalue weighted by atomic mass is 10.2. The molecule has 2 aromatic rings. The average molecular weight is 255 g/mol. The molecule has 0 unspecified atom stereocenters. The smallest absolute Gasteiger partial charge is 0.208 e. The van der Waals surface area contributed by atoms with Crippen LogP contribution in [0.3, 0.4) is 0 Å². The van der Waals surface area contributed by atoms with Crippen molar-refractivity contribution in [3.05, 3.63) is 52.5 Å². The molecule has 2 rings (SSSR count). The van der Waals surface area contributed by atoms with Crippen LogP contribution < -0.4 is 5.32 Å². The van der Waals surface area contributed by atoms with Crippen LogP contribution in [0.15, 0.2) is 28.8 Å². The molecule has 1 N–H and O–H groups in total.